The van der Waals surface area contributed by atoms with Crippen LogP contribution in [0.1, 0.15) is 34.1 Å². The van der Waals surface area contributed by atoms with Gasteiger partial charge in [-0.05, 0) is 25.5 Å². The topological polar surface area (TPSA) is 110 Å². The Labute approximate surface area is 159 Å². The van der Waals surface area contributed by atoms with Gasteiger partial charge in [0.25, 0.3) is 5.91 Å². The molecule has 3 amide bonds. The Balaban J connectivity index is 1.70. The monoisotopic (exact) mass is 387 g/mol. The van der Waals surface area contributed by atoms with Crippen LogP contribution in [0.3, 0.4) is 0 Å². The first-order valence-corrected chi connectivity index (χ1v) is 9.40. The molecule has 3 N–H and O–H groups in total. The quantitative estimate of drug-likeness (QED) is 0.548. The summed E-state index contributed by atoms with van der Waals surface area (Å²) in [5, 5.41) is 2.92. The van der Waals surface area contributed by atoms with Gasteiger partial charge in [-0.25, -0.2) is 0 Å². The average molecular weight is 387 g/mol. The zero-order chi connectivity index (χ0) is 19.7. The van der Waals surface area contributed by atoms with Crippen molar-refractivity contribution in [1.29, 1.82) is 0 Å². The minimum Gasteiger partial charge on any atom is -0.369 e. The maximum Gasteiger partial charge on any atom is 0.253 e. The molecule has 1 aliphatic carbocycles. The molecule has 1 heterocycles. The smallest absolute Gasteiger partial charge is 0.253 e. The van der Waals surface area contributed by atoms with Crippen molar-refractivity contribution in [3.8, 4) is 0 Å². The van der Waals surface area contributed by atoms with Crippen LogP contribution in [0.5, 0.6) is 0 Å². The highest BCUT2D eigenvalue weighted by Crippen LogP contribution is 2.31. The van der Waals surface area contributed by atoms with Crippen LogP contribution in [-0.4, -0.2) is 53.3 Å². The number of hydrogen-bond donors (Lipinski definition) is 2. The number of benzene rings is 1. The third-order valence-corrected chi connectivity index (χ3v) is 5.66. The fourth-order valence-corrected chi connectivity index (χ4v) is 3.78. The van der Waals surface area contributed by atoms with Crippen molar-refractivity contribution in [3.63, 3.8) is 0 Å². The Hall–Kier alpha value is -2.53. The molecule has 0 aromatic heterocycles. The summed E-state index contributed by atoms with van der Waals surface area (Å²) >= 11 is 0. The molecule has 1 aliphatic heterocycles. The SMILES string of the molecule is CC(=O)c1ccc(C(=O)N2C[C@@H](C(N)=O)[C@H](C(=O)N[C@H]3C[C@@H]3C=P)C2)cc1. The molecule has 0 radical (unpaired) electrons. The predicted octanol–water partition coefficient (Wildman–Crippen LogP) is 0.512. The van der Waals surface area contributed by atoms with Crippen molar-refractivity contribution in [1.82, 2.24) is 10.2 Å². The van der Waals surface area contributed by atoms with Crippen LogP contribution in [0.15, 0.2) is 24.3 Å². The van der Waals surface area contributed by atoms with Crippen LogP contribution >= 0.6 is 8.86 Å². The summed E-state index contributed by atoms with van der Waals surface area (Å²) in [6.45, 7) is 1.70. The molecular formula is C19H22N3O4P. The molecule has 2 aliphatic rings. The zero-order valence-corrected chi connectivity index (χ0v) is 16.0. The van der Waals surface area contributed by atoms with Gasteiger partial charge >= 0.3 is 0 Å². The highest BCUT2D eigenvalue weighted by atomic mass is 31.0. The second-order valence-electron chi connectivity index (χ2n) is 7.14. The van der Waals surface area contributed by atoms with E-state index in [0.29, 0.717) is 11.1 Å². The van der Waals surface area contributed by atoms with Crippen LogP contribution in [-0.2, 0) is 9.59 Å². The van der Waals surface area contributed by atoms with E-state index in [2.05, 4.69) is 14.2 Å². The van der Waals surface area contributed by atoms with Gasteiger partial charge in [0.1, 0.15) is 0 Å². The molecule has 1 saturated carbocycles. The predicted molar refractivity (Wildman–Crippen MR) is 103 cm³/mol. The van der Waals surface area contributed by atoms with E-state index in [4.69, 9.17) is 5.73 Å². The maximum absolute atomic E-state index is 12.7. The Morgan fingerprint density at radius 1 is 1.11 bits per heavy atom. The molecule has 0 bridgehead atoms. The van der Waals surface area contributed by atoms with E-state index in [1.165, 1.54) is 11.8 Å². The van der Waals surface area contributed by atoms with Crippen LogP contribution in [0.2, 0.25) is 0 Å². The molecule has 3 rings (SSSR count). The van der Waals surface area contributed by atoms with Gasteiger partial charge in [0.2, 0.25) is 11.8 Å². The van der Waals surface area contributed by atoms with Gasteiger partial charge in [-0.15, -0.1) is 8.86 Å². The number of nitrogens with zero attached hydrogens (tertiary/aromatic N) is 1. The molecule has 1 aromatic carbocycles. The molecule has 8 heteroatoms. The Morgan fingerprint density at radius 2 is 1.70 bits per heavy atom. The summed E-state index contributed by atoms with van der Waals surface area (Å²) in [6, 6.07) is 6.39. The number of rotatable bonds is 6. The molecule has 0 unspecified atom stereocenters. The Bertz CT molecular complexity index is 808. The summed E-state index contributed by atoms with van der Waals surface area (Å²) in [6.07, 6.45) is 0.855. The van der Waals surface area contributed by atoms with Crippen LogP contribution in [0.25, 0.3) is 0 Å². The number of ketones is 1. The number of hydrogen-bond acceptors (Lipinski definition) is 4. The largest absolute Gasteiger partial charge is 0.369 e. The lowest BCUT2D eigenvalue weighted by Gasteiger charge is -2.16. The number of carbonyl (C=O) groups is 4. The van der Waals surface area contributed by atoms with Crippen LogP contribution in [0.4, 0.5) is 0 Å². The number of amides is 3. The fourth-order valence-electron chi connectivity index (χ4n) is 3.41. The van der Waals surface area contributed by atoms with E-state index < -0.39 is 17.7 Å². The van der Waals surface area contributed by atoms with E-state index in [9.17, 15) is 19.2 Å². The molecule has 1 saturated heterocycles. The zero-order valence-electron chi connectivity index (χ0n) is 15.0. The summed E-state index contributed by atoms with van der Waals surface area (Å²) < 4.78 is 0. The summed E-state index contributed by atoms with van der Waals surface area (Å²) in [5.74, 6) is -0.431. The summed E-state index contributed by atoms with van der Waals surface area (Å²) in [7, 11) is 3.32. The van der Waals surface area contributed by atoms with Crippen LogP contribution in [0, 0.1) is 17.8 Å². The second kappa shape index (κ2) is 7.61. The van der Waals surface area contributed by atoms with Gasteiger partial charge in [-0.2, -0.15) is 0 Å². The molecule has 2 fully saturated rings. The number of nitrogens with one attached hydrogen (secondary N) is 1. The number of nitrogens with two attached hydrogens (primary N) is 1. The van der Waals surface area contributed by atoms with E-state index in [1.807, 2.05) is 5.80 Å². The van der Waals surface area contributed by atoms with E-state index >= 15 is 0 Å². The lowest BCUT2D eigenvalue weighted by Crippen LogP contribution is -2.40. The standard InChI is InChI=1S/C19H22N3O4P/c1-10(23)11-2-4-12(5-3-11)19(26)22-7-14(17(20)24)15(8-22)18(25)21-16-6-13(16)9-27/h2-5,9,13-16,27H,6-8H2,1H3,(H2,20,24)(H,21,25)/t13-,14-,15-,16+/m1/s1. The van der Waals surface area contributed by atoms with Gasteiger partial charge in [-0.3, -0.25) is 19.2 Å². The van der Waals surface area contributed by atoms with Crippen molar-refractivity contribution in [2.75, 3.05) is 13.1 Å². The minimum absolute atomic E-state index is 0.0624. The highest BCUT2D eigenvalue weighted by Gasteiger charge is 2.45. The first-order chi connectivity index (χ1) is 12.8. The summed E-state index contributed by atoms with van der Waals surface area (Å²) in [4.78, 5) is 50.0. The number of Topliss-reactive ketones (excluding diaryl/α,β-unsaturated/α-hetero) is 1. The lowest BCUT2D eigenvalue weighted by molar-refractivity contribution is -0.131. The van der Waals surface area contributed by atoms with Gasteiger partial charge in [0.05, 0.1) is 11.8 Å². The average Bonchev–Trinajstić information content (AvgIpc) is 3.23. The normalized spacial score (nSPS) is 26.3. The van der Waals surface area contributed by atoms with Crippen molar-refractivity contribution in [3.05, 3.63) is 35.4 Å². The van der Waals surface area contributed by atoms with Gasteiger partial charge in [0, 0.05) is 36.2 Å². The molecule has 0 spiro atoms. The molecule has 4 atom stereocenters. The van der Waals surface area contributed by atoms with E-state index in [0.717, 1.165) is 6.42 Å². The fraction of sp³-hybridized carbons (Fsp3) is 0.421. The van der Waals surface area contributed by atoms with E-state index in [-0.39, 0.29) is 42.6 Å². The maximum atomic E-state index is 12.7. The highest BCUT2D eigenvalue weighted by molar-refractivity contribution is 7.18. The summed E-state index contributed by atoms with van der Waals surface area (Å²) in [5.41, 5.74) is 6.39. The van der Waals surface area contributed by atoms with Crippen LogP contribution < -0.4 is 11.1 Å². The third kappa shape index (κ3) is 4.08. The van der Waals surface area contributed by atoms with Crippen molar-refractivity contribution < 1.29 is 19.2 Å². The third-order valence-electron chi connectivity index (χ3n) is 5.23. The Morgan fingerprint density at radius 3 is 2.22 bits per heavy atom. The Kier molecular flexibility index (Phi) is 5.42. The van der Waals surface area contributed by atoms with Gasteiger partial charge < -0.3 is 16.0 Å². The number of carbonyl (C=O) groups excluding carboxylic acids is 4. The molecule has 1 aromatic rings. The molecule has 27 heavy (non-hydrogen) atoms. The second-order valence-corrected chi connectivity index (χ2v) is 7.47. The number of likely N-dealkylation sites (tertiary alicyclic amines) is 1. The minimum atomic E-state index is -0.713. The lowest BCUT2D eigenvalue weighted by atomic mass is 9.94. The van der Waals surface area contributed by atoms with Crippen molar-refractivity contribution in [2.45, 2.75) is 19.4 Å². The molecule has 7 nitrogen and oxygen atoms in total. The van der Waals surface area contributed by atoms with E-state index in [1.54, 1.807) is 24.3 Å². The number of primary amides is 1. The van der Waals surface area contributed by atoms with Crippen molar-refractivity contribution in [2.24, 2.45) is 23.5 Å². The molecule has 142 valence electrons. The van der Waals surface area contributed by atoms with Crippen molar-refractivity contribution >= 4 is 38.2 Å². The van der Waals surface area contributed by atoms with Gasteiger partial charge in [0.15, 0.2) is 5.78 Å². The van der Waals surface area contributed by atoms with Gasteiger partial charge in [-0.1, -0.05) is 17.9 Å². The first kappa shape index (κ1) is 19.2. The molecular weight excluding hydrogens is 365 g/mol. The first-order valence-electron chi connectivity index (χ1n) is 8.82.